The summed E-state index contributed by atoms with van der Waals surface area (Å²) in [5.74, 6) is 0. The van der Waals surface area contributed by atoms with Crippen LogP contribution in [0.1, 0.15) is 69.7 Å². The summed E-state index contributed by atoms with van der Waals surface area (Å²) in [5, 5.41) is 19.7. The van der Waals surface area contributed by atoms with Gasteiger partial charge in [-0.2, -0.15) is 0 Å². The maximum absolute atomic E-state index is 10.1. The van der Waals surface area contributed by atoms with Crippen LogP contribution in [0.5, 0.6) is 0 Å². The number of unbranched alkanes of at least 4 members (excludes halogenated alkanes) is 3. The minimum absolute atomic E-state index is 0. The molecule has 0 aromatic carbocycles. The molecule has 2 N–H and O–H groups in total. The predicted octanol–water partition coefficient (Wildman–Crippen LogP) is 3.76. The van der Waals surface area contributed by atoms with Crippen LogP contribution in [0, 0.1) is 0 Å². The van der Waals surface area contributed by atoms with Gasteiger partial charge in [0.05, 0.1) is 17.9 Å². The summed E-state index contributed by atoms with van der Waals surface area (Å²) >= 11 is 0. The Labute approximate surface area is 186 Å². The van der Waals surface area contributed by atoms with Gasteiger partial charge in [-0.05, 0) is 56.7 Å². The van der Waals surface area contributed by atoms with Crippen molar-refractivity contribution in [2.45, 2.75) is 83.2 Å². The first-order valence-electron chi connectivity index (χ1n) is 9.98. The Morgan fingerprint density at radius 1 is 1.26 bits per heavy atom. The van der Waals surface area contributed by atoms with E-state index in [0.717, 1.165) is 37.1 Å². The second-order valence-corrected chi connectivity index (χ2v) is 7.03. The molecule has 1 aromatic heterocycles. The van der Waals surface area contributed by atoms with E-state index in [4.69, 9.17) is 4.74 Å². The molecule has 3 atom stereocenters. The Kier molecular flexibility index (Phi) is 13.2. The van der Waals surface area contributed by atoms with Crippen LogP contribution in [0.2, 0.25) is 0 Å². The molecule has 4 nitrogen and oxygen atoms in total. The number of hydrogen-bond donors (Lipinski definition) is 2. The molecule has 1 aromatic rings. The molecular formula is C22H34NNaO3. The Hall–Kier alpha value is -0.490. The molecule has 27 heavy (non-hydrogen) atoms. The summed E-state index contributed by atoms with van der Waals surface area (Å²) in [4.78, 5) is 4.62. The Bertz CT molecular complexity index is 576. The van der Waals surface area contributed by atoms with E-state index in [0.29, 0.717) is 12.8 Å². The third kappa shape index (κ3) is 10.6. The number of rotatable bonds is 10. The minimum atomic E-state index is -0.637. The van der Waals surface area contributed by atoms with E-state index >= 15 is 0 Å². The molecule has 1 saturated heterocycles. The predicted molar refractivity (Wildman–Crippen MR) is 113 cm³/mol. The van der Waals surface area contributed by atoms with Gasteiger partial charge in [0.25, 0.3) is 0 Å². The first-order valence-corrected chi connectivity index (χ1v) is 9.98. The van der Waals surface area contributed by atoms with Crippen LogP contribution in [0.15, 0.2) is 36.4 Å². The molecule has 0 bridgehead atoms. The number of nitrogens with zero attached hydrogens (tertiary/aromatic N) is 1. The number of aliphatic hydroxyl groups is 2. The van der Waals surface area contributed by atoms with E-state index in [1.165, 1.54) is 19.3 Å². The Balaban J connectivity index is 0.00000364. The van der Waals surface area contributed by atoms with Crippen LogP contribution in [0.25, 0.3) is 6.08 Å². The van der Waals surface area contributed by atoms with Crippen LogP contribution < -0.4 is 0 Å². The van der Waals surface area contributed by atoms with Crippen molar-refractivity contribution in [3.63, 3.8) is 0 Å². The number of allylic oxidation sites excluding steroid dienone is 1. The quantitative estimate of drug-likeness (QED) is 0.367. The molecule has 0 saturated carbocycles. The molecule has 5 heteroatoms. The van der Waals surface area contributed by atoms with Crippen molar-refractivity contribution in [2.24, 2.45) is 0 Å². The first-order chi connectivity index (χ1) is 12.7. The van der Waals surface area contributed by atoms with Gasteiger partial charge >= 0.3 is 29.6 Å². The average Bonchev–Trinajstić information content (AvgIpc) is 2.63. The summed E-state index contributed by atoms with van der Waals surface area (Å²) in [6.45, 7) is 2.20. The number of hydrogen-bond acceptors (Lipinski definition) is 4. The average molecular weight is 384 g/mol. The Morgan fingerprint density at radius 2 is 2.11 bits per heavy atom. The summed E-state index contributed by atoms with van der Waals surface area (Å²) in [6, 6.07) is 5.89. The molecule has 1 fully saturated rings. The summed E-state index contributed by atoms with van der Waals surface area (Å²) < 4.78 is 5.56. The van der Waals surface area contributed by atoms with Crippen LogP contribution in [0.3, 0.4) is 0 Å². The summed E-state index contributed by atoms with van der Waals surface area (Å²) in [7, 11) is 0. The fraction of sp³-hybridized carbons (Fsp3) is 0.591. The Morgan fingerprint density at radius 3 is 2.89 bits per heavy atom. The SMILES string of the molecule is CCCCCC=CCC(O)C=Cc1cccc(CC2CCCC(O)O2)n1.[NaH]. The second kappa shape index (κ2) is 14.5. The van der Waals surface area contributed by atoms with Gasteiger partial charge in [0.15, 0.2) is 6.29 Å². The van der Waals surface area contributed by atoms with Crippen molar-refractivity contribution in [3.05, 3.63) is 47.8 Å². The van der Waals surface area contributed by atoms with Crippen molar-refractivity contribution >= 4 is 35.6 Å². The molecule has 3 unspecified atom stereocenters. The van der Waals surface area contributed by atoms with Crippen molar-refractivity contribution < 1.29 is 14.9 Å². The third-order valence-corrected chi connectivity index (χ3v) is 4.60. The van der Waals surface area contributed by atoms with Gasteiger partial charge in [0.1, 0.15) is 0 Å². The van der Waals surface area contributed by atoms with Gasteiger partial charge in [0.2, 0.25) is 0 Å². The summed E-state index contributed by atoms with van der Waals surface area (Å²) in [6.07, 6.45) is 15.6. The fourth-order valence-electron chi connectivity index (χ4n) is 3.12. The number of aromatic nitrogens is 1. The molecule has 0 spiro atoms. The van der Waals surface area contributed by atoms with Crippen LogP contribution in [-0.4, -0.2) is 63.3 Å². The summed E-state index contributed by atoms with van der Waals surface area (Å²) in [5.41, 5.74) is 1.79. The molecule has 1 aliphatic heterocycles. The zero-order valence-electron chi connectivity index (χ0n) is 15.9. The van der Waals surface area contributed by atoms with Gasteiger partial charge in [-0.3, -0.25) is 4.98 Å². The molecule has 2 heterocycles. The maximum atomic E-state index is 10.1. The van der Waals surface area contributed by atoms with Crippen LogP contribution >= 0.6 is 0 Å². The molecule has 0 radical (unpaired) electrons. The van der Waals surface area contributed by atoms with E-state index in [1.54, 1.807) is 6.08 Å². The molecule has 2 rings (SSSR count). The standard InChI is InChI=1S/C22H33NO3.Na.H/c1-2-3-4-5-6-7-12-20(24)16-15-18-10-8-11-19(23-18)17-21-13-9-14-22(25)26-21;;/h6-8,10-11,15-16,20-22,24-25H,2-5,9,12-14,17H2,1H3;;. The number of pyridine rings is 1. The number of ether oxygens (including phenoxy) is 1. The van der Waals surface area contributed by atoms with E-state index in [1.807, 2.05) is 24.3 Å². The van der Waals surface area contributed by atoms with Crippen molar-refractivity contribution in [3.8, 4) is 0 Å². The zero-order chi connectivity index (χ0) is 18.6. The molecule has 0 amide bonds. The van der Waals surface area contributed by atoms with Gasteiger partial charge < -0.3 is 14.9 Å². The first kappa shape index (κ1) is 24.5. The second-order valence-electron chi connectivity index (χ2n) is 7.03. The van der Waals surface area contributed by atoms with E-state index in [-0.39, 0.29) is 35.7 Å². The number of aliphatic hydroxyl groups excluding tert-OH is 2. The molecule has 146 valence electrons. The topological polar surface area (TPSA) is 62.6 Å². The fourth-order valence-corrected chi connectivity index (χ4v) is 3.12. The molecule has 0 aliphatic carbocycles. The van der Waals surface area contributed by atoms with E-state index in [2.05, 4.69) is 24.1 Å². The van der Waals surface area contributed by atoms with Gasteiger partial charge in [-0.15, -0.1) is 0 Å². The van der Waals surface area contributed by atoms with Crippen LogP contribution in [0.4, 0.5) is 0 Å². The van der Waals surface area contributed by atoms with Gasteiger partial charge in [-0.25, -0.2) is 0 Å². The van der Waals surface area contributed by atoms with Gasteiger partial charge in [0, 0.05) is 12.1 Å². The monoisotopic (exact) mass is 383 g/mol. The van der Waals surface area contributed by atoms with Crippen molar-refractivity contribution in [1.82, 2.24) is 4.98 Å². The van der Waals surface area contributed by atoms with E-state index in [9.17, 15) is 10.2 Å². The van der Waals surface area contributed by atoms with Crippen LogP contribution in [-0.2, 0) is 11.2 Å². The van der Waals surface area contributed by atoms with Crippen molar-refractivity contribution in [1.29, 1.82) is 0 Å². The molecule has 1 aliphatic rings. The molecular weight excluding hydrogens is 349 g/mol. The zero-order valence-corrected chi connectivity index (χ0v) is 15.9. The van der Waals surface area contributed by atoms with Gasteiger partial charge in [-0.1, -0.05) is 44.1 Å². The van der Waals surface area contributed by atoms with Crippen molar-refractivity contribution in [2.75, 3.05) is 0 Å². The normalized spacial score (nSPS) is 21.4. The van der Waals surface area contributed by atoms with E-state index < -0.39 is 12.4 Å². The third-order valence-electron chi connectivity index (χ3n) is 4.60.